The lowest BCUT2D eigenvalue weighted by molar-refractivity contribution is -0.129. The number of unbranched alkanes of at least 4 members (excludes halogenated alkanes) is 7. The first-order valence-corrected chi connectivity index (χ1v) is 10.4. The number of benzene rings is 1. The molecule has 0 N–H and O–H groups in total. The summed E-state index contributed by atoms with van der Waals surface area (Å²) in [6.07, 6.45) is 9.78. The van der Waals surface area contributed by atoms with Gasteiger partial charge in [-0.05, 0) is 37.7 Å². The highest BCUT2D eigenvalue weighted by Crippen LogP contribution is 2.25. The summed E-state index contributed by atoms with van der Waals surface area (Å²) in [6.45, 7) is 1.77. The monoisotopic (exact) mass is 374 g/mol. The number of carbonyl (C=O) groups is 2. The summed E-state index contributed by atoms with van der Waals surface area (Å²) in [6, 6.07) is 9.28. The van der Waals surface area contributed by atoms with Gasteiger partial charge in [0.05, 0.1) is 11.4 Å². The van der Waals surface area contributed by atoms with E-state index in [1.165, 1.54) is 37.1 Å². The van der Waals surface area contributed by atoms with Crippen LogP contribution in [0.25, 0.3) is 0 Å². The molecule has 5 heteroatoms. The van der Waals surface area contributed by atoms with E-state index in [9.17, 15) is 9.59 Å². The maximum absolute atomic E-state index is 12.6. The summed E-state index contributed by atoms with van der Waals surface area (Å²) in [5.41, 5.74) is 1.32. The van der Waals surface area contributed by atoms with Crippen LogP contribution in [0.4, 0.5) is 5.69 Å². The average molecular weight is 375 g/mol. The van der Waals surface area contributed by atoms with Crippen molar-refractivity contribution >= 4 is 35.7 Å². The normalized spacial score (nSPS) is 16.8. The minimum atomic E-state index is -0.698. The van der Waals surface area contributed by atoms with Crippen LogP contribution in [0, 0.1) is 5.92 Å². The lowest BCUT2D eigenvalue weighted by atomic mass is 9.94. The van der Waals surface area contributed by atoms with Crippen molar-refractivity contribution in [1.29, 1.82) is 0 Å². The van der Waals surface area contributed by atoms with E-state index in [2.05, 4.69) is 17.7 Å². The summed E-state index contributed by atoms with van der Waals surface area (Å²) < 4.78 is 0. The molecule has 0 saturated carbocycles. The third-order valence-corrected chi connectivity index (χ3v) is 5.10. The largest absolute Gasteiger partial charge is 0.298 e. The molecule has 0 spiro atoms. The van der Waals surface area contributed by atoms with Gasteiger partial charge in [0.2, 0.25) is 0 Å². The summed E-state index contributed by atoms with van der Waals surface area (Å²) in [5.74, 6) is 0.0645. The van der Waals surface area contributed by atoms with E-state index in [1.54, 1.807) is 6.92 Å². The second-order valence-electron chi connectivity index (χ2n) is 6.93. The molecule has 0 aliphatic carbocycles. The molecular weight excluding hydrogens is 344 g/mol. The molecule has 1 aromatic rings. The topological polar surface area (TPSA) is 49.7 Å². The van der Waals surface area contributed by atoms with Gasteiger partial charge < -0.3 is 0 Å². The Kier molecular flexibility index (Phi) is 8.89. The molecular formula is C21H30N2O2S. The lowest BCUT2D eigenvalue weighted by Crippen LogP contribution is -2.32. The number of hydrogen-bond donors (Lipinski definition) is 1. The van der Waals surface area contributed by atoms with Crippen LogP contribution in [0.3, 0.4) is 0 Å². The average Bonchev–Trinajstić information content (AvgIpc) is 2.95. The zero-order chi connectivity index (χ0) is 18.8. The van der Waals surface area contributed by atoms with Crippen molar-refractivity contribution in [3.05, 3.63) is 30.3 Å². The molecule has 1 aromatic carbocycles. The highest BCUT2D eigenvalue weighted by atomic mass is 32.1. The van der Waals surface area contributed by atoms with Crippen molar-refractivity contribution in [3.63, 3.8) is 0 Å². The third kappa shape index (κ3) is 5.97. The molecule has 1 heterocycles. The fraction of sp³-hybridized carbons (Fsp3) is 0.571. The second kappa shape index (κ2) is 11.2. The Morgan fingerprint density at radius 1 is 1.00 bits per heavy atom. The highest BCUT2D eigenvalue weighted by Gasteiger charge is 2.38. The molecule has 2 rings (SSSR count). The first kappa shape index (κ1) is 20.7. The number of thiol groups is 1. The SMILES string of the molecule is CC1=NN(c2ccccc2)C(=O)C1C(=O)CCCCCCCCCCS. The number of anilines is 1. The van der Waals surface area contributed by atoms with Gasteiger partial charge in [0.1, 0.15) is 5.92 Å². The van der Waals surface area contributed by atoms with Gasteiger partial charge in [-0.2, -0.15) is 22.7 Å². The summed E-state index contributed by atoms with van der Waals surface area (Å²) in [5, 5.41) is 5.67. The highest BCUT2D eigenvalue weighted by molar-refractivity contribution is 7.80. The van der Waals surface area contributed by atoms with Gasteiger partial charge in [0.15, 0.2) is 5.78 Å². The maximum atomic E-state index is 12.6. The van der Waals surface area contributed by atoms with E-state index in [4.69, 9.17) is 0 Å². The molecule has 0 radical (unpaired) electrons. The number of ketones is 1. The van der Waals surface area contributed by atoms with E-state index >= 15 is 0 Å². The molecule has 1 amide bonds. The molecule has 0 saturated heterocycles. The van der Waals surface area contributed by atoms with Gasteiger partial charge in [-0.25, -0.2) is 0 Å². The number of carbonyl (C=O) groups excluding carboxylic acids is 2. The summed E-state index contributed by atoms with van der Waals surface area (Å²) >= 11 is 4.22. The van der Waals surface area contributed by atoms with Gasteiger partial charge in [-0.15, -0.1) is 0 Å². The van der Waals surface area contributed by atoms with Crippen LogP contribution >= 0.6 is 12.6 Å². The maximum Gasteiger partial charge on any atom is 0.263 e. The number of nitrogens with zero attached hydrogens (tertiary/aromatic N) is 2. The predicted molar refractivity (Wildman–Crippen MR) is 111 cm³/mol. The molecule has 1 aliphatic rings. The minimum absolute atomic E-state index is 0.00320. The number of hydrazone groups is 1. The zero-order valence-corrected chi connectivity index (χ0v) is 16.6. The molecule has 1 unspecified atom stereocenters. The predicted octanol–water partition coefficient (Wildman–Crippen LogP) is 5.04. The Bertz CT molecular complexity index is 616. The van der Waals surface area contributed by atoms with E-state index < -0.39 is 5.92 Å². The fourth-order valence-electron chi connectivity index (χ4n) is 3.31. The third-order valence-electron chi connectivity index (χ3n) is 4.79. The Morgan fingerprint density at radius 3 is 2.19 bits per heavy atom. The standard InChI is InChI=1S/C21H30N2O2S/c1-17-20(21(25)23(22-17)18-13-9-8-10-14-18)19(24)15-11-6-4-2-3-5-7-12-16-26/h8-10,13-14,20,26H,2-7,11-12,15-16H2,1H3. The quantitative estimate of drug-likeness (QED) is 0.317. The number of amides is 1. The van der Waals surface area contributed by atoms with Gasteiger partial charge in [0.25, 0.3) is 5.91 Å². The molecule has 1 aliphatic heterocycles. The summed E-state index contributed by atoms with van der Waals surface area (Å²) in [4.78, 5) is 25.1. The van der Waals surface area contributed by atoms with E-state index in [0.29, 0.717) is 17.8 Å². The summed E-state index contributed by atoms with van der Waals surface area (Å²) in [7, 11) is 0. The smallest absolute Gasteiger partial charge is 0.263 e. The van der Waals surface area contributed by atoms with Gasteiger partial charge in [-0.1, -0.05) is 56.7 Å². The van der Waals surface area contributed by atoms with E-state index in [1.807, 2.05) is 30.3 Å². The van der Waals surface area contributed by atoms with Gasteiger partial charge >= 0.3 is 0 Å². The van der Waals surface area contributed by atoms with Gasteiger partial charge in [-0.3, -0.25) is 9.59 Å². The molecule has 0 bridgehead atoms. The fourth-order valence-corrected chi connectivity index (χ4v) is 3.53. The van der Waals surface area contributed by atoms with Crippen LogP contribution in [0.1, 0.15) is 64.7 Å². The van der Waals surface area contributed by atoms with E-state index in [0.717, 1.165) is 25.0 Å². The first-order valence-electron chi connectivity index (χ1n) is 9.73. The first-order chi connectivity index (χ1) is 12.6. The molecule has 0 aromatic heterocycles. The lowest BCUT2D eigenvalue weighted by Gasteiger charge is -2.13. The Morgan fingerprint density at radius 2 is 1.58 bits per heavy atom. The van der Waals surface area contributed by atoms with Crippen molar-refractivity contribution in [3.8, 4) is 0 Å². The van der Waals surface area contributed by atoms with Crippen molar-refractivity contribution < 1.29 is 9.59 Å². The molecule has 142 valence electrons. The molecule has 1 atom stereocenters. The number of rotatable bonds is 12. The van der Waals surface area contributed by atoms with Gasteiger partial charge in [0, 0.05) is 6.42 Å². The number of hydrogen-bond acceptors (Lipinski definition) is 4. The van der Waals surface area contributed by atoms with Crippen molar-refractivity contribution in [2.24, 2.45) is 11.0 Å². The van der Waals surface area contributed by atoms with Crippen molar-refractivity contribution in [1.82, 2.24) is 0 Å². The van der Waals surface area contributed by atoms with Crippen LogP contribution in [-0.2, 0) is 9.59 Å². The van der Waals surface area contributed by atoms with Crippen LogP contribution < -0.4 is 5.01 Å². The Hall–Kier alpha value is -1.62. The molecule has 26 heavy (non-hydrogen) atoms. The van der Waals surface area contributed by atoms with Crippen LogP contribution in [0.5, 0.6) is 0 Å². The van der Waals surface area contributed by atoms with Crippen molar-refractivity contribution in [2.75, 3.05) is 10.8 Å². The molecule has 0 fully saturated rings. The van der Waals surface area contributed by atoms with Crippen molar-refractivity contribution in [2.45, 2.75) is 64.7 Å². The number of para-hydroxylation sites is 1. The van der Waals surface area contributed by atoms with Crippen LogP contribution in [0.15, 0.2) is 35.4 Å². The zero-order valence-electron chi connectivity index (χ0n) is 15.7. The second-order valence-corrected chi connectivity index (χ2v) is 7.38. The van der Waals surface area contributed by atoms with Crippen LogP contribution in [0.2, 0.25) is 0 Å². The Labute approximate surface area is 162 Å². The number of Topliss-reactive ketones (excluding diaryl/α,β-unsaturated/α-hetero) is 1. The Balaban J connectivity index is 1.70. The molecule has 4 nitrogen and oxygen atoms in total. The van der Waals surface area contributed by atoms with Crippen LogP contribution in [-0.4, -0.2) is 23.2 Å². The minimum Gasteiger partial charge on any atom is -0.298 e. The van der Waals surface area contributed by atoms with E-state index in [-0.39, 0.29) is 11.7 Å².